The Morgan fingerprint density at radius 1 is 1.06 bits per heavy atom. The van der Waals surface area contributed by atoms with E-state index in [1.54, 1.807) is 0 Å². The van der Waals surface area contributed by atoms with Crippen LogP contribution in [0.3, 0.4) is 0 Å². The van der Waals surface area contributed by atoms with E-state index in [-0.39, 0.29) is 5.91 Å². The Kier molecular flexibility index (Phi) is 6.09. The van der Waals surface area contributed by atoms with Crippen molar-refractivity contribution in [2.24, 2.45) is 5.10 Å². The number of aliphatic hydroxyl groups is 1. The summed E-state index contributed by atoms with van der Waals surface area (Å²) in [5, 5.41) is 17.7. The van der Waals surface area contributed by atoms with Gasteiger partial charge in [-0.3, -0.25) is 9.69 Å². The summed E-state index contributed by atoms with van der Waals surface area (Å²) in [6.07, 6.45) is 3.44. The largest absolute Gasteiger partial charge is 0.390 e. The van der Waals surface area contributed by atoms with Gasteiger partial charge in [-0.15, -0.1) is 0 Å². The summed E-state index contributed by atoms with van der Waals surface area (Å²) in [5.41, 5.74) is 3.99. The Morgan fingerprint density at radius 3 is 2.58 bits per heavy atom. The van der Waals surface area contributed by atoms with Gasteiger partial charge in [-0.1, -0.05) is 36.4 Å². The highest BCUT2D eigenvalue weighted by molar-refractivity contribution is 6.32. The number of anilines is 1. The molecule has 1 fully saturated rings. The molecule has 1 aromatic heterocycles. The van der Waals surface area contributed by atoms with Gasteiger partial charge in [0.25, 0.3) is 5.91 Å². The second kappa shape index (κ2) is 9.31. The number of hydrogen-bond donors (Lipinski definition) is 1. The van der Waals surface area contributed by atoms with Crippen LogP contribution >= 0.6 is 0 Å². The Hall–Kier alpha value is -3.26. The molecule has 0 unspecified atom stereocenters. The first-order chi connectivity index (χ1) is 16.1. The fraction of sp³-hybridized carbons (Fsp3) is 0.308. The molecule has 2 aliphatic rings. The molecule has 0 spiro atoms. The minimum atomic E-state index is -0.496. The molecule has 33 heavy (non-hydrogen) atoms. The van der Waals surface area contributed by atoms with E-state index >= 15 is 0 Å². The summed E-state index contributed by atoms with van der Waals surface area (Å²) >= 11 is 0. The molecule has 7 heteroatoms. The van der Waals surface area contributed by atoms with Gasteiger partial charge >= 0.3 is 0 Å². The maximum absolute atomic E-state index is 13.1. The zero-order valence-corrected chi connectivity index (χ0v) is 18.7. The normalized spacial score (nSPS) is 19.5. The number of rotatable bonds is 6. The molecule has 0 bridgehead atoms. The van der Waals surface area contributed by atoms with Gasteiger partial charge in [-0.05, 0) is 31.2 Å². The van der Waals surface area contributed by atoms with Crippen LogP contribution in [0.2, 0.25) is 0 Å². The molecular formula is C26H28N4O3. The van der Waals surface area contributed by atoms with Crippen LogP contribution in [0.5, 0.6) is 0 Å². The van der Waals surface area contributed by atoms with Gasteiger partial charge in [-0.2, -0.15) is 10.1 Å². The van der Waals surface area contributed by atoms with Crippen LogP contribution in [-0.2, 0) is 16.1 Å². The van der Waals surface area contributed by atoms with Crippen molar-refractivity contribution in [2.45, 2.75) is 19.6 Å². The first-order valence-electron chi connectivity index (χ1n) is 11.3. The van der Waals surface area contributed by atoms with Crippen molar-refractivity contribution in [3.8, 4) is 0 Å². The molecule has 2 aliphatic heterocycles. The number of nitrogens with zero attached hydrogens (tertiary/aromatic N) is 4. The molecule has 3 aromatic rings. The van der Waals surface area contributed by atoms with E-state index in [9.17, 15) is 9.90 Å². The zero-order chi connectivity index (χ0) is 22.8. The van der Waals surface area contributed by atoms with Crippen molar-refractivity contribution >= 4 is 34.3 Å². The van der Waals surface area contributed by atoms with Crippen LogP contribution < -0.4 is 5.01 Å². The lowest BCUT2D eigenvalue weighted by molar-refractivity contribution is -0.114. The number of ether oxygens (including phenoxy) is 1. The highest BCUT2D eigenvalue weighted by atomic mass is 16.5. The molecule has 1 atom stereocenters. The third-order valence-corrected chi connectivity index (χ3v) is 6.16. The molecule has 7 nitrogen and oxygen atoms in total. The Balaban J connectivity index is 1.41. The third-order valence-electron chi connectivity index (χ3n) is 6.16. The topological polar surface area (TPSA) is 70.3 Å². The maximum Gasteiger partial charge on any atom is 0.280 e. The number of amides is 1. The molecular weight excluding hydrogens is 416 g/mol. The predicted molar refractivity (Wildman–Crippen MR) is 130 cm³/mol. The summed E-state index contributed by atoms with van der Waals surface area (Å²) in [6, 6.07) is 17.5. The van der Waals surface area contributed by atoms with Gasteiger partial charge in [0.05, 0.1) is 36.3 Å². The van der Waals surface area contributed by atoms with Gasteiger partial charge in [0.15, 0.2) is 0 Å². The summed E-state index contributed by atoms with van der Waals surface area (Å²) in [7, 11) is 0. The smallest absolute Gasteiger partial charge is 0.280 e. The number of hydrogen-bond acceptors (Lipinski definition) is 5. The van der Waals surface area contributed by atoms with E-state index in [1.807, 2.05) is 73.8 Å². The van der Waals surface area contributed by atoms with Crippen LogP contribution in [0.25, 0.3) is 17.0 Å². The van der Waals surface area contributed by atoms with Crippen molar-refractivity contribution < 1.29 is 14.6 Å². The van der Waals surface area contributed by atoms with E-state index < -0.39 is 6.10 Å². The minimum absolute atomic E-state index is 0.136. The standard InChI is InChI=1S/C26H28N4O3/c1-19-24(26(32)30(27-19)21-7-3-2-4-8-21)15-20-16-29(25-10-6-5-9-23(20)25)18-22(31)17-28-11-13-33-14-12-28/h2-10,15-16,22,31H,11-14,17-18H2,1H3/b24-15-/t22-/m0/s1. The van der Waals surface area contributed by atoms with Gasteiger partial charge in [-0.25, -0.2) is 0 Å². The maximum atomic E-state index is 13.1. The van der Waals surface area contributed by atoms with Crippen LogP contribution in [0.15, 0.2) is 71.5 Å². The fourth-order valence-electron chi connectivity index (χ4n) is 4.49. The number of para-hydroxylation sites is 2. The van der Waals surface area contributed by atoms with E-state index in [2.05, 4.69) is 14.6 Å². The van der Waals surface area contributed by atoms with Crippen molar-refractivity contribution in [3.05, 3.63) is 71.9 Å². The number of morpholine rings is 1. The molecule has 5 rings (SSSR count). The second-order valence-corrected chi connectivity index (χ2v) is 8.52. The average molecular weight is 445 g/mol. The number of fused-ring (bicyclic) bond motifs is 1. The van der Waals surface area contributed by atoms with Gasteiger partial charge in [0, 0.05) is 48.8 Å². The average Bonchev–Trinajstić information content (AvgIpc) is 3.32. The molecule has 0 saturated carbocycles. The Bertz CT molecular complexity index is 1210. The molecule has 1 amide bonds. The van der Waals surface area contributed by atoms with Crippen LogP contribution in [-0.4, -0.2) is 65.1 Å². The molecule has 1 N–H and O–H groups in total. The number of aliphatic hydroxyl groups excluding tert-OH is 1. The van der Waals surface area contributed by atoms with Crippen LogP contribution in [0, 0.1) is 0 Å². The quantitative estimate of drug-likeness (QED) is 0.593. The third kappa shape index (κ3) is 4.48. The van der Waals surface area contributed by atoms with Crippen molar-refractivity contribution in [3.63, 3.8) is 0 Å². The fourth-order valence-corrected chi connectivity index (χ4v) is 4.49. The highest BCUT2D eigenvalue weighted by Crippen LogP contribution is 2.28. The lowest BCUT2D eigenvalue weighted by Crippen LogP contribution is -2.41. The van der Waals surface area contributed by atoms with Gasteiger partial charge in [0.1, 0.15) is 0 Å². The SMILES string of the molecule is CC1=NN(c2ccccc2)C(=O)/C1=C\c1cn(C[C@@H](O)CN2CCOCC2)c2ccccc12. The minimum Gasteiger partial charge on any atom is -0.390 e. The lowest BCUT2D eigenvalue weighted by atomic mass is 10.1. The highest BCUT2D eigenvalue weighted by Gasteiger charge is 2.29. The van der Waals surface area contributed by atoms with E-state index in [4.69, 9.17) is 4.74 Å². The number of benzene rings is 2. The first kappa shape index (κ1) is 21.6. The van der Waals surface area contributed by atoms with E-state index in [0.717, 1.165) is 35.2 Å². The monoisotopic (exact) mass is 444 g/mol. The summed E-state index contributed by atoms with van der Waals surface area (Å²) in [5.74, 6) is -0.136. The molecule has 1 saturated heterocycles. The molecule has 0 radical (unpaired) electrons. The summed E-state index contributed by atoms with van der Waals surface area (Å²) in [4.78, 5) is 15.4. The zero-order valence-electron chi connectivity index (χ0n) is 18.7. The van der Waals surface area contributed by atoms with Gasteiger partial charge < -0.3 is 14.4 Å². The number of aromatic nitrogens is 1. The number of hydrazone groups is 1. The lowest BCUT2D eigenvalue weighted by Gasteiger charge is -2.28. The van der Waals surface area contributed by atoms with E-state index in [0.29, 0.717) is 37.6 Å². The Morgan fingerprint density at radius 2 is 1.79 bits per heavy atom. The summed E-state index contributed by atoms with van der Waals surface area (Å²) < 4.78 is 7.48. The molecule has 2 aromatic carbocycles. The first-order valence-corrected chi connectivity index (χ1v) is 11.3. The summed E-state index contributed by atoms with van der Waals surface area (Å²) in [6.45, 7) is 6.08. The van der Waals surface area contributed by atoms with Crippen molar-refractivity contribution in [1.82, 2.24) is 9.47 Å². The van der Waals surface area contributed by atoms with Crippen molar-refractivity contribution in [1.29, 1.82) is 0 Å². The molecule has 0 aliphatic carbocycles. The van der Waals surface area contributed by atoms with Crippen LogP contribution in [0.1, 0.15) is 12.5 Å². The van der Waals surface area contributed by atoms with E-state index in [1.165, 1.54) is 5.01 Å². The number of β-amino-alcohol motifs (C(OH)–C–C–N with tert-alkyl or cyclic N) is 1. The Labute approximate surface area is 193 Å². The molecule has 170 valence electrons. The number of carbonyl (C=O) groups is 1. The van der Waals surface area contributed by atoms with Crippen molar-refractivity contribution in [2.75, 3.05) is 37.9 Å². The number of carbonyl (C=O) groups excluding carboxylic acids is 1. The second-order valence-electron chi connectivity index (χ2n) is 8.52. The van der Waals surface area contributed by atoms with Crippen LogP contribution in [0.4, 0.5) is 5.69 Å². The molecule has 3 heterocycles. The predicted octanol–water partition coefficient (Wildman–Crippen LogP) is 3.14. The van der Waals surface area contributed by atoms with Gasteiger partial charge in [0.2, 0.25) is 0 Å².